The van der Waals surface area contributed by atoms with Gasteiger partial charge in [0.1, 0.15) is 0 Å². The second-order valence-corrected chi connectivity index (χ2v) is 3.92. The van der Waals surface area contributed by atoms with Crippen molar-refractivity contribution in [3.05, 3.63) is 77.6 Å². The summed E-state index contributed by atoms with van der Waals surface area (Å²) < 4.78 is 13.9. The third kappa shape index (κ3) is 3.09. The molecule has 2 aromatic carbocycles. The van der Waals surface area contributed by atoms with Crippen LogP contribution in [0.5, 0.6) is 0 Å². The standard InChI is InChI=1S/C17H13F/c1-14(16-10-6-3-7-11-16)17(18)13-12-15-8-4-2-5-9-15/h2-11H,1H3/b17-14-. The van der Waals surface area contributed by atoms with Gasteiger partial charge in [-0.3, -0.25) is 0 Å². The highest BCUT2D eigenvalue weighted by Crippen LogP contribution is 2.18. The van der Waals surface area contributed by atoms with Gasteiger partial charge in [0.15, 0.2) is 5.83 Å². The average Bonchev–Trinajstić information content (AvgIpc) is 2.46. The molecule has 0 aliphatic heterocycles. The molecule has 0 fully saturated rings. The van der Waals surface area contributed by atoms with Crippen LogP contribution in [-0.2, 0) is 0 Å². The highest BCUT2D eigenvalue weighted by atomic mass is 19.1. The Balaban J connectivity index is 2.27. The quantitative estimate of drug-likeness (QED) is 0.642. The van der Waals surface area contributed by atoms with E-state index in [0.29, 0.717) is 5.57 Å². The summed E-state index contributed by atoms with van der Waals surface area (Å²) in [5.74, 6) is 4.99. The maximum atomic E-state index is 13.9. The molecule has 0 unspecified atom stereocenters. The summed E-state index contributed by atoms with van der Waals surface area (Å²) in [6, 6.07) is 18.8. The van der Waals surface area contributed by atoms with Gasteiger partial charge in [0.25, 0.3) is 0 Å². The zero-order valence-electron chi connectivity index (χ0n) is 10.2. The molecule has 0 aliphatic carbocycles. The molecule has 0 bridgehead atoms. The molecule has 0 saturated carbocycles. The van der Waals surface area contributed by atoms with E-state index in [0.717, 1.165) is 11.1 Å². The number of benzene rings is 2. The Kier molecular flexibility index (Phi) is 3.94. The summed E-state index contributed by atoms with van der Waals surface area (Å²) in [6.07, 6.45) is 0. The van der Waals surface area contributed by atoms with Crippen LogP contribution in [0.15, 0.2) is 66.5 Å². The van der Waals surface area contributed by atoms with E-state index in [2.05, 4.69) is 11.8 Å². The maximum absolute atomic E-state index is 13.9. The van der Waals surface area contributed by atoms with E-state index in [1.807, 2.05) is 60.7 Å². The van der Waals surface area contributed by atoms with Crippen LogP contribution in [0.4, 0.5) is 4.39 Å². The number of hydrogen-bond donors (Lipinski definition) is 0. The minimum Gasteiger partial charge on any atom is -0.197 e. The molecule has 0 aromatic heterocycles. The Labute approximate surface area is 107 Å². The van der Waals surface area contributed by atoms with Gasteiger partial charge in [0.2, 0.25) is 0 Å². The van der Waals surface area contributed by atoms with Gasteiger partial charge in [-0.15, -0.1) is 0 Å². The molecule has 0 atom stereocenters. The van der Waals surface area contributed by atoms with Crippen molar-refractivity contribution in [2.24, 2.45) is 0 Å². The SMILES string of the molecule is C/C(=C(/F)C#Cc1ccccc1)c1ccccc1. The summed E-state index contributed by atoms with van der Waals surface area (Å²) in [7, 11) is 0. The molecule has 0 heterocycles. The van der Waals surface area contributed by atoms with Crippen molar-refractivity contribution >= 4 is 5.57 Å². The molecule has 2 aromatic rings. The summed E-state index contributed by atoms with van der Waals surface area (Å²) in [6.45, 7) is 1.74. The molecule has 0 radical (unpaired) electrons. The van der Waals surface area contributed by atoms with Crippen molar-refractivity contribution < 1.29 is 4.39 Å². The highest BCUT2D eigenvalue weighted by molar-refractivity contribution is 5.69. The molecule has 0 amide bonds. The van der Waals surface area contributed by atoms with E-state index >= 15 is 0 Å². The van der Waals surface area contributed by atoms with Crippen molar-refractivity contribution in [3.63, 3.8) is 0 Å². The van der Waals surface area contributed by atoms with Crippen molar-refractivity contribution in [2.45, 2.75) is 6.92 Å². The number of halogens is 1. The fourth-order valence-electron chi connectivity index (χ4n) is 1.56. The first-order valence-electron chi connectivity index (χ1n) is 5.76. The van der Waals surface area contributed by atoms with Gasteiger partial charge in [0, 0.05) is 11.1 Å². The van der Waals surface area contributed by atoms with E-state index in [1.54, 1.807) is 6.92 Å². The number of rotatable bonds is 1. The molecule has 88 valence electrons. The summed E-state index contributed by atoms with van der Waals surface area (Å²) in [5.41, 5.74) is 2.24. The van der Waals surface area contributed by atoms with Crippen LogP contribution in [-0.4, -0.2) is 0 Å². The lowest BCUT2D eigenvalue weighted by Crippen LogP contribution is -1.81. The van der Waals surface area contributed by atoms with E-state index < -0.39 is 0 Å². The molecule has 0 nitrogen and oxygen atoms in total. The fraction of sp³-hybridized carbons (Fsp3) is 0.0588. The molecule has 0 saturated heterocycles. The Morgan fingerprint density at radius 1 is 0.889 bits per heavy atom. The van der Waals surface area contributed by atoms with Gasteiger partial charge in [-0.05, 0) is 30.5 Å². The lowest BCUT2D eigenvalue weighted by molar-refractivity contribution is 0.678. The third-order valence-corrected chi connectivity index (χ3v) is 2.63. The van der Waals surface area contributed by atoms with Gasteiger partial charge in [-0.1, -0.05) is 54.5 Å². The van der Waals surface area contributed by atoms with Crippen LogP contribution in [0.1, 0.15) is 18.1 Å². The smallest absolute Gasteiger partial charge is 0.176 e. The van der Waals surface area contributed by atoms with Crippen molar-refractivity contribution in [3.8, 4) is 11.8 Å². The second kappa shape index (κ2) is 5.84. The van der Waals surface area contributed by atoms with Gasteiger partial charge < -0.3 is 0 Å². The van der Waals surface area contributed by atoms with Gasteiger partial charge >= 0.3 is 0 Å². The minimum atomic E-state index is -0.384. The molecule has 0 N–H and O–H groups in total. The molecule has 1 heteroatoms. The van der Waals surface area contributed by atoms with Gasteiger partial charge in [0.05, 0.1) is 0 Å². The first-order valence-corrected chi connectivity index (χ1v) is 5.76. The largest absolute Gasteiger partial charge is 0.197 e. The third-order valence-electron chi connectivity index (χ3n) is 2.63. The fourth-order valence-corrected chi connectivity index (χ4v) is 1.56. The Bertz CT molecular complexity index is 598. The molecule has 0 spiro atoms. The van der Waals surface area contributed by atoms with Gasteiger partial charge in [-0.25, -0.2) is 0 Å². The van der Waals surface area contributed by atoms with Crippen molar-refractivity contribution in [1.29, 1.82) is 0 Å². The van der Waals surface area contributed by atoms with Crippen LogP contribution in [0, 0.1) is 11.8 Å². The molecule has 2 rings (SSSR count). The van der Waals surface area contributed by atoms with E-state index in [1.165, 1.54) is 0 Å². The van der Waals surface area contributed by atoms with Gasteiger partial charge in [-0.2, -0.15) is 4.39 Å². The molecular formula is C17H13F. The predicted molar refractivity (Wildman–Crippen MR) is 73.5 cm³/mol. The summed E-state index contributed by atoms with van der Waals surface area (Å²) in [4.78, 5) is 0. The summed E-state index contributed by atoms with van der Waals surface area (Å²) >= 11 is 0. The Morgan fingerprint density at radius 2 is 1.44 bits per heavy atom. The Hall–Kier alpha value is -2.33. The monoisotopic (exact) mass is 236 g/mol. The molecule has 0 aliphatic rings. The summed E-state index contributed by atoms with van der Waals surface area (Å²) in [5, 5.41) is 0. The van der Waals surface area contributed by atoms with Crippen LogP contribution in [0.3, 0.4) is 0 Å². The average molecular weight is 236 g/mol. The second-order valence-electron chi connectivity index (χ2n) is 3.92. The normalized spacial score (nSPS) is 11.2. The van der Waals surface area contributed by atoms with Crippen LogP contribution in [0.25, 0.3) is 5.57 Å². The molecular weight excluding hydrogens is 223 g/mol. The topological polar surface area (TPSA) is 0 Å². The van der Waals surface area contributed by atoms with Crippen molar-refractivity contribution in [2.75, 3.05) is 0 Å². The van der Waals surface area contributed by atoms with E-state index in [4.69, 9.17) is 0 Å². The predicted octanol–water partition coefficient (Wildman–Crippen LogP) is 4.44. The van der Waals surface area contributed by atoms with E-state index in [9.17, 15) is 4.39 Å². The van der Waals surface area contributed by atoms with Crippen molar-refractivity contribution in [1.82, 2.24) is 0 Å². The zero-order chi connectivity index (χ0) is 12.8. The molecule has 18 heavy (non-hydrogen) atoms. The lowest BCUT2D eigenvalue weighted by Gasteiger charge is -1.99. The Morgan fingerprint density at radius 3 is 2.06 bits per heavy atom. The number of allylic oxidation sites excluding steroid dienone is 2. The number of hydrogen-bond acceptors (Lipinski definition) is 0. The highest BCUT2D eigenvalue weighted by Gasteiger charge is 2.00. The first-order chi connectivity index (χ1) is 8.77. The zero-order valence-corrected chi connectivity index (χ0v) is 10.2. The van der Waals surface area contributed by atoms with Crippen LogP contribution < -0.4 is 0 Å². The lowest BCUT2D eigenvalue weighted by atomic mass is 10.1. The van der Waals surface area contributed by atoms with E-state index in [-0.39, 0.29) is 5.83 Å². The minimum absolute atomic E-state index is 0.384. The van der Waals surface area contributed by atoms with Crippen LogP contribution in [0.2, 0.25) is 0 Å². The maximum Gasteiger partial charge on any atom is 0.176 e. The van der Waals surface area contributed by atoms with Crippen LogP contribution >= 0.6 is 0 Å². The first kappa shape index (κ1) is 12.1.